The second-order valence-electron chi connectivity index (χ2n) is 10.8. The smallest absolute Gasteiger partial charge is 0.126 e. The fraction of sp³-hybridized carbons (Fsp3) is 0.212. The van der Waals surface area contributed by atoms with Gasteiger partial charge in [0, 0.05) is 69.7 Å². The molecule has 5 heteroatoms. The number of rotatable bonds is 9. The number of aromatic nitrogens is 3. The molecule has 3 heterocycles. The summed E-state index contributed by atoms with van der Waals surface area (Å²) in [5.74, 6) is 0.528. The van der Waals surface area contributed by atoms with E-state index in [1.807, 2.05) is 31.5 Å². The Hall–Kier alpha value is -4.38. The number of anilines is 1. The van der Waals surface area contributed by atoms with Gasteiger partial charge < -0.3 is 16.0 Å². The van der Waals surface area contributed by atoms with Crippen molar-refractivity contribution < 1.29 is 0 Å². The monoisotopic (exact) mass is 503 g/mol. The highest BCUT2D eigenvalue weighted by molar-refractivity contribution is 5.95. The van der Waals surface area contributed by atoms with E-state index in [9.17, 15) is 0 Å². The average molecular weight is 504 g/mol. The standard InChI is InChI=1S/C33H37N5/c1-7-23(16-27(8-2)37-22(3)19-33(4,5)6)26-15-25(32(34)36-21-26)17-28-18-30-29(12-9-13-31(30)38-28)24-11-10-14-35-20-24/h7-16,18,20-21,37-38H,2-3,17,19H2,1,4-6H3,(H2,34,36)/b23-7+,27-16+. The molecular weight excluding hydrogens is 466 g/mol. The Bertz CT molecular complexity index is 1510. The van der Waals surface area contributed by atoms with Crippen LogP contribution in [0, 0.1) is 5.41 Å². The normalized spacial score (nSPS) is 12.5. The van der Waals surface area contributed by atoms with Crippen molar-refractivity contribution in [3.8, 4) is 11.1 Å². The van der Waals surface area contributed by atoms with E-state index in [-0.39, 0.29) is 5.41 Å². The van der Waals surface area contributed by atoms with Crippen LogP contribution in [0.5, 0.6) is 0 Å². The maximum Gasteiger partial charge on any atom is 0.126 e. The van der Waals surface area contributed by atoms with E-state index in [0.717, 1.165) is 62.2 Å². The number of fused-ring (bicyclic) bond motifs is 1. The zero-order valence-corrected chi connectivity index (χ0v) is 22.8. The lowest BCUT2D eigenvalue weighted by molar-refractivity contribution is 0.403. The van der Waals surface area contributed by atoms with Crippen LogP contribution in [0.4, 0.5) is 5.82 Å². The fourth-order valence-corrected chi connectivity index (χ4v) is 4.64. The van der Waals surface area contributed by atoms with E-state index in [1.54, 1.807) is 6.20 Å². The van der Waals surface area contributed by atoms with Crippen LogP contribution in [0.2, 0.25) is 0 Å². The highest BCUT2D eigenvalue weighted by atomic mass is 14.9. The lowest BCUT2D eigenvalue weighted by Crippen LogP contribution is -2.16. The van der Waals surface area contributed by atoms with Crippen molar-refractivity contribution in [2.75, 3.05) is 5.73 Å². The van der Waals surface area contributed by atoms with E-state index in [1.165, 1.54) is 0 Å². The van der Waals surface area contributed by atoms with Gasteiger partial charge in [-0.05, 0) is 66.3 Å². The number of aromatic amines is 1. The van der Waals surface area contributed by atoms with E-state index in [4.69, 9.17) is 5.73 Å². The molecule has 4 N–H and O–H groups in total. The van der Waals surface area contributed by atoms with Gasteiger partial charge in [-0.15, -0.1) is 0 Å². The first-order chi connectivity index (χ1) is 18.2. The Morgan fingerprint density at radius 2 is 1.95 bits per heavy atom. The van der Waals surface area contributed by atoms with Crippen LogP contribution in [0.15, 0.2) is 104 Å². The number of nitrogens with one attached hydrogen (secondary N) is 2. The maximum absolute atomic E-state index is 6.34. The molecule has 0 aliphatic heterocycles. The van der Waals surface area contributed by atoms with Crippen molar-refractivity contribution in [2.45, 2.75) is 40.5 Å². The molecule has 0 aliphatic rings. The highest BCUT2D eigenvalue weighted by Crippen LogP contribution is 2.30. The number of hydrogen-bond donors (Lipinski definition) is 3. The predicted octanol–water partition coefficient (Wildman–Crippen LogP) is 7.81. The molecule has 0 saturated carbocycles. The van der Waals surface area contributed by atoms with Crippen molar-refractivity contribution >= 4 is 22.3 Å². The molecule has 5 nitrogen and oxygen atoms in total. The van der Waals surface area contributed by atoms with Gasteiger partial charge in [-0.2, -0.15) is 0 Å². The molecule has 0 saturated heterocycles. The number of hydrogen-bond acceptors (Lipinski definition) is 4. The number of pyridine rings is 2. The Balaban J connectivity index is 1.61. The van der Waals surface area contributed by atoms with Crippen LogP contribution in [-0.2, 0) is 6.42 Å². The third-order valence-electron chi connectivity index (χ3n) is 6.31. The molecule has 4 rings (SSSR count). The minimum Gasteiger partial charge on any atom is -0.383 e. The summed E-state index contributed by atoms with van der Waals surface area (Å²) < 4.78 is 0. The molecular formula is C33H37N5. The molecule has 4 aromatic rings. The van der Waals surface area contributed by atoms with Crippen LogP contribution < -0.4 is 11.1 Å². The molecule has 3 aromatic heterocycles. The molecule has 0 bridgehead atoms. The first-order valence-electron chi connectivity index (χ1n) is 12.9. The van der Waals surface area contributed by atoms with Gasteiger partial charge in [0.15, 0.2) is 0 Å². The summed E-state index contributed by atoms with van der Waals surface area (Å²) in [5.41, 5.74) is 15.7. The maximum atomic E-state index is 6.34. The lowest BCUT2D eigenvalue weighted by Gasteiger charge is -2.21. The summed E-state index contributed by atoms with van der Waals surface area (Å²) in [6, 6.07) is 14.6. The number of nitrogen functional groups attached to an aromatic ring is 1. The highest BCUT2D eigenvalue weighted by Gasteiger charge is 2.14. The number of nitrogens with zero attached hydrogens (tertiary/aromatic N) is 2. The van der Waals surface area contributed by atoms with E-state index in [0.29, 0.717) is 12.2 Å². The van der Waals surface area contributed by atoms with Crippen LogP contribution in [0.25, 0.3) is 27.6 Å². The number of allylic oxidation sites excluding steroid dienone is 5. The van der Waals surface area contributed by atoms with Crippen LogP contribution >= 0.6 is 0 Å². The summed E-state index contributed by atoms with van der Waals surface area (Å²) in [6.07, 6.45) is 13.0. The zero-order chi connectivity index (χ0) is 27.3. The van der Waals surface area contributed by atoms with Gasteiger partial charge in [0.2, 0.25) is 0 Å². The number of benzene rings is 1. The third kappa shape index (κ3) is 6.48. The van der Waals surface area contributed by atoms with Gasteiger partial charge in [0.1, 0.15) is 5.82 Å². The molecule has 0 radical (unpaired) electrons. The molecule has 1 aromatic carbocycles. The van der Waals surface area contributed by atoms with Gasteiger partial charge in [-0.3, -0.25) is 4.98 Å². The van der Waals surface area contributed by atoms with Gasteiger partial charge in [0.25, 0.3) is 0 Å². The summed E-state index contributed by atoms with van der Waals surface area (Å²) in [5, 5.41) is 4.57. The Labute approximate surface area is 225 Å². The fourth-order valence-electron chi connectivity index (χ4n) is 4.64. The quantitative estimate of drug-likeness (QED) is 0.204. The second kappa shape index (κ2) is 11.3. The van der Waals surface area contributed by atoms with Crippen molar-refractivity contribution in [2.24, 2.45) is 5.41 Å². The second-order valence-corrected chi connectivity index (χ2v) is 10.8. The molecule has 0 spiro atoms. The van der Waals surface area contributed by atoms with Crippen molar-refractivity contribution in [3.63, 3.8) is 0 Å². The summed E-state index contributed by atoms with van der Waals surface area (Å²) in [7, 11) is 0. The van der Waals surface area contributed by atoms with Crippen LogP contribution in [-0.4, -0.2) is 15.0 Å². The van der Waals surface area contributed by atoms with E-state index < -0.39 is 0 Å². The molecule has 0 unspecified atom stereocenters. The molecule has 38 heavy (non-hydrogen) atoms. The van der Waals surface area contributed by atoms with Gasteiger partial charge in [0.05, 0.1) is 0 Å². The Morgan fingerprint density at radius 3 is 2.63 bits per heavy atom. The number of H-pyrrole nitrogens is 1. The van der Waals surface area contributed by atoms with E-state index in [2.05, 4.69) is 103 Å². The summed E-state index contributed by atoms with van der Waals surface area (Å²) >= 11 is 0. The van der Waals surface area contributed by atoms with Gasteiger partial charge in [-0.1, -0.05) is 58.2 Å². The molecule has 0 amide bonds. The molecule has 0 aliphatic carbocycles. The minimum absolute atomic E-state index is 0.150. The minimum atomic E-state index is 0.150. The topological polar surface area (TPSA) is 79.6 Å². The van der Waals surface area contributed by atoms with Crippen LogP contribution in [0.3, 0.4) is 0 Å². The van der Waals surface area contributed by atoms with Crippen molar-refractivity contribution in [1.82, 2.24) is 20.3 Å². The van der Waals surface area contributed by atoms with Crippen molar-refractivity contribution in [1.29, 1.82) is 0 Å². The molecule has 0 atom stereocenters. The van der Waals surface area contributed by atoms with Crippen molar-refractivity contribution in [3.05, 3.63) is 121 Å². The third-order valence-corrected chi connectivity index (χ3v) is 6.31. The predicted molar refractivity (Wildman–Crippen MR) is 161 cm³/mol. The Kier molecular flexibility index (Phi) is 7.96. The number of nitrogens with two attached hydrogens (primary N) is 1. The van der Waals surface area contributed by atoms with Gasteiger partial charge >= 0.3 is 0 Å². The van der Waals surface area contributed by atoms with Crippen LogP contribution in [0.1, 0.15) is 50.9 Å². The summed E-state index contributed by atoms with van der Waals surface area (Å²) in [4.78, 5) is 12.4. The zero-order valence-electron chi connectivity index (χ0n) is 22.8. The first-order valence-corrected chi connectivity index (χ1v) is 12.9. The average Bonchev–Trinajstić information content (AvgIpc) is 3.30. The molecule has 194 valence electrons. The Morgan fingerprint density at radius 1 is 1.13 bits per heavy atom. The van der Waals surface area contributed by atoms with Gasteiger partial charge in [-0.25, -0.2) is 4.98 Å². The van der Waals surface area contributed by atoms with E-state index >= 15 is 0 Å². The first kappa shape index (κ1) is 26.7. The SMILES string of the molecule is C=C/C(=C\C(=C/C)c1cnc(N)c(Cc2cc3c(-c4cccnc4)cccc3[nH]2)c1)NC(=C)CC(C)(C)C. The largest absolute Gasteiger partial charge is 0.383 e. The lowest BCUT2D eigenvalue weighted by atomic mass is 9.91. The molecule has 0 fully saturated rings. The summed E-state index contributed by atoms with van der Waals surface area (Å²) in [6.45, 7) is 16.8.